The van der Waals surface area contributed by atoms with Gasteiger partial charge >= 0.3 is 0 Å². The zero-order chi connectivity index (χ0) is 20.3. The van der Waals surface area contributed by atoms with E-state index in [9.17, 15) is 4.79 Å². The van der Waals surface area contributed by atoms with Crippen LogP contribution in [0.25, 0.3) is 22.2 Å². The van der Waals surface area contributed by atoms with Gasteiger partial charge < -0.3 is 18.8 Å². The van der Waals surface area contributed by atoms with Gasteiger partial charge in [-0.15, -0.1) is 0 Å². The molecular formula is C20H24N4O4. The second-order valence-corrected chi connectivity index (χ2v) is 7.07. The fourth-order valence-corrected chi connectivity index (χ4v) is 3.04. The van der Waals surface area contributed by atoms with Crippen molar-refractivity contribution in [2.24, 2.45) is 0 Å². The number of ether oxygens (including phenoxy) is 3. The first kappa shape index (κ1) is 20.1. The van der Waals surface area contributed by atoms with Gasteiger partial charge in [0.15, 0.2) is 5.78 Å². The maximum Gasteiger partial charge on any atom is 0.271 e. The van der Waals surface area contributed by atoms with Crippen LogP contribution in [0.3, 0.4) is 0 Å². The molecule has 0 saturated heterocycles. The van der Waals surface area contributed by atoms with E-state index in [-0.39, 0.29) is 5.78 Å². The summed E-state index contributed by atoms with van der Waals surface area (Å²) < 4.78 is 18.0. The van der Waals surface area contributed by atoms with Gasteiger partial charge in [0.1, 0.15) is 6.33 Å². The van der Waals surface area contributed by atoms with Crippen LogP contribution in [0.4, 0.5) is 0 Å². The molecule has 0 aliphatic heterocycles. The smallest absolute Gasteiger partial charge is 0.271 e. The minimum Gasteiger partial charge on any atom is -0.333 e. The summed E-state index contributed by atoms with van der Waals surface area (Å²) in [5.41, 5.74) is 3.36. The Labute approximate surface area is 163 Å². The number of rotatable bonds is 8. The summed E-state index contributed by atoms with van der Waals surface area (Å²) in [6, 6.07) is 3.65. The predicted octanol–water partition coefficient (Wildman–Crippen LogP) is 3.02. The van der Waals surface area contributed by atoms with Crippen LogP contribution >= 0.6 is 0 Å². The van der Waals surface area contributed by atoms with E-state index in [0.717, 1.165) is 22.2 Å². The van der Waals surface area contributed by atoms with Crippen LogP contribution < -0.4 is 0 Å². The van der Waals surface area contributed by atoms with Crippen molar-refractivity contribution in [2.45, 2.75) is 32.8 Å². The lowest BCUT2D eigenvalue weighted by Crippen LogP contribution is -2.34. The Morgan fingerprint density at radius 1 is 1.18 bits per heavy atom. The SMILES string of the molecule is COC(OC)OCC(C)(C)n1cnc2cc(C(C)=O)cc(-c3cncnc3)c21. The molecular weight excluding hydrogens is 360 g/mol. The molecule has 0 atom stereocenters. The molecule has 2 aromatic heterocycles. The van der Waals surface area contributed by atoms with Crippen molar-refractivity contribution < 1.29 is 19.0 Å². The molecule has 0 radical (unpaired) electrons. The number of imidazole rings is 1. The molecule has 0 saturated carbocycles. The van der Waals surface area contributed by atoms with E-state index < -0.39 is 12.0 Å². The van der Waals surface area contributed by atoms with Crippen molar-refractivity contribution in [2.75, 3.05) is 20.8 Å². The highest BCUT2D eigenvalue weighted by molar-refractivity contribution is 6.02. The van der Waals surface area contributed by atoms with Gasteiger partial charge in [0.05, 0.1) is 29.5 Å². The normalized spacial score (nSPS) is 12.1. The number of fused-ring (bicyclic) bond motifs is 1. The predicted molar refractivity (Wildman–Crippen MR) is 104 cm³/mol. The first-order chi connectivity index (χ1) is 13.4. The maximum atomic E-state index is 12.0. The molecule has 2 heterocycles. The number of hydrogen-bond acceptors (Lipinski definition) is 7. The Hall–Kier alpha value is -2.68. The topological polar surface area (TPSA) is 88.4 Å². The Morgan fingerprint density at radius 3 is 2.46 bits per heavy atom. The minimum absolute atomic E-state index is 0.0276. The van der Waals surface area contributed by atoms with Gasteiger partial charge in [0.25, 0.3) is 6.48 Å². The van der Waals surface area contributed by atoms with Crippen molar-refractivity contribution in [1.29, 1.82) is 0 Å². The molecule has 1 aromatic carbocycles. The third kappa shape index (κ3) is 3.94. The number of carbonyl (C=O) groups is 1. The Bertz CT molecular complexity index is 965. The third-order valence-electron chi connectivity index (χ3n) is 4.53. The fourth-order valence-electron chi connectivity index (χ4n) is 3.04. The van der Waals surface area contributed by atoms with Crippen LogP contribution in [0, 0.1) is 0 Å². The molecule has 148 valence electrons. The highest BCUT2D eigenvalue weighted by Crippen LogP contribution is 2.33. The van der Waals surface area contributed by atoms with E-state index in [2.05, 4.69) is 15.0 Å². The summed E-state index contributed by atoms with van der Waals surface area (Å²) in [6.07, 6.45) is 6.66. The van der Waals surface area contributed by atoms with Gasteiger partial charge in [0.2, 0.25) is 0 Å². The van der Waals surface area contributed by atoms with E-state index in [0.29, 0.717) is 12.2 Å². The monoisotopic (exact) mass is 384 g/mol. The molecule has 3 rings (SSSR count). The van der Waals surface area contributed by atoms with E-state index >= 15 is 0 Å². The van der Waals surface area contributed by atoms with Crippen LogP contribution in [-0.2, 0) is 19.7 Å². The molecule has 8 nitrogen and oxygen atoms in total. The van der Waals surface area contributed by atoms with Gasteiger partial charge in [0, 0.05) is 43.3 Å². The van der Waals surface area contributed by atoms with Gasteiger partial charge in [-0.3, -0.25) is 4.79 Å². The zero-order valence-electron chi connectivity index (χ0n) is 16.7. The molecule has 0 N–H and O–H groups in total. The summed E-state index contributed by atoms with van der Waals surface area (Å²) in [7, 11) is 3.04. The molecule has 0 amide bonds. The maximum absolute atomic E-state index is 12.0. The van der Waals surface area contributed by atoms with Gasteiger partial charge in [-0.2, -0.15) is 0 Å². The van der Waals surface area contributed by atoms with Gasteiger partial charge in [-0.25, -0.2) is 15.0 Å². The number of hydrogen-bond donors (Lipinski definition) is 0. The largest absolute Gasteiger partial charge is 0.333 e. The summed E-state index contributed by atoms with van der Waals surface area (Å²) in [6.45, 7) is 5.17. The molecule has 28 heavy (non-hydrogen) atoms. The molecule has 0 bridgehead atoms. The van der Waals surface area contributed by atoms with E-state index in [4.69, 9.17) is 14.2 Å². The van der Waals surface area contributed by atoms with Gasteiger partial charge in [-0.05, 0) is 32.9 Å². The Kier molecular flexibility index (Phi) is 5.83. The van der Waals surface area contributed by atoms with Crippen LogP contribution in [-0.4, -0.2) is 52.6 Å². The number of nitrogens with zero attached hydrogens (tertiary/aromatic N) is 4. The van der Waals surface area contributed by atoms with Crippen molar-refractivity contribution in [1.82, 2.24) is 19.5 Å². The van der Waals surface area contributed by atoms with Crippen molar-refractivity contribution in [3.63, 3.8) is 0 Å². The number of aromatic nitrogens is 4. The number of benzene rings is 1. The molecule has 0 spiro atoms. The van der Waals surface area contributed by atoms with Crippen molar-refractivity contribution in [3.05, 3.63) is 42.7 Å². The first-order valence-electron chi connectivity index (χ1n) is 8.82. The lowest BCUT2D eigenvalue weighted by molar-refractivity contribution is -0.272. The van der Waals surface area contributed by atoms with E-state index in [1.54, 1.807) is 24.8 Å². The lowest BCUT2D eigenvalue weighted by Gasteiger charge is -2.29. The van der Waals surface area contributed by atoms with Crippen LogP contribution in [0.15, 0.2) is 37.2 Å². The van der Waals surface area contributed by atoms with Crippen LogP contribution in [0.2, 0.25) is 0 Å². The number of ketones is 1. The molecule has 3 aromatic rings. The Balaban J connectivity index is 2.13. The van der Waals surface area contributed by atoms with E-state index in [1.807, 2.05) is 24.5 Å². The van der Waals surface area contributed by atoms with Gasteiger partial charge in [-0.1, -0.05) is 0 Å². The van der Waals surface area contributed by atoms with Crippen LogP contribution in [0.1, 0.15) is 31.1 Å². The van der Waals surface area contributed by atoms with Crippen molar-refractivity contribution >= 4 is 16.8 Å². The second-order valence-electron chi connectivity index (χ2n) is 7.07. The lowest BCUT2D eigenvalue weighted by atomic mass is 9.99. The zero-order valence-corrected chi connectivity index (χ0v) is 16.7. The highest BCUT2D eigenvalue weighted by Gasteiger charge is 2.26. The van der Waals surface area contributed by atoms with E-state index in [1.165, 1.54) is 27.5 Å². The number of Topliss-reactive ketones (excluding diaryl/α,β-unsaturated/α-hetero) is 1. The first-order valence-corrected chi connectivity index (χ1v) is 8.82. The summed E-state index contributed by atoms with van der Waals surface area (Å²) in [5.74, 6) is -0.0276. The van der Waals surface area contributed by atoms with Crippen molar-refractivity contribution in [3.8, 4) is 11.1 Å². The summed E-state index contributed by atoms with van der Waals surface area (Å²) in [4.78, 5) is 24.8. The van der Waals surface area contributed by atoms with Crippen LogP contribution in [0.5, 0.6) is 0 Å². The molecule has 0 unspecified atom stereocenters. The standard InChI is InChI=1S/C20H24N4O4/c1-13(25)14-6-16(15-8-21-11-22-9-15)18-17(7-14)23-12-24(18)20(2,3)10-28-19(26-4)27-5/h6-9,11-12,19H,10H2,1-5H3. The highest BCUT2D eigenvalue weighted by atomic mass is 16.8. The molecule has 8 heteroatoms. The molecule has 0 aliphatic rings. The average Bonchev–Trinajstić information content (AvgIpc) is 3.13. The average molecular weight is 384 g/mol. The number of methoxy groups -OCH3 is 2. The fraction of sp³-hybridized carbons (Fsp3) is 0.400. The quantitative estimate of drug-likeness (QED) is 0.436. The summed E-state index contributed by atoms with van der Waals surface area (Å²) >= 11 is 0. The Morgan fingerprint density at radius 2 is 1.86 bits per heavy atom. The summed E-state index contributed by atoms with van der Waals surface area (Å²) in [5, 5.41) is 0. The number of carbonyl (C=O) groups excluding carboxylic acids is 1. The minimum atomic E-state index is -0.750. The third-order valence-corrected chi connectivity index (χ3v) is 4.53. The molecule has 0 fully saturated rings. The molecule has 0 aliphatic carbocycles. The second kappa shape index (κ2) is 8.14.